The average molecular weight is 265 g/mol. The Morgan fingerprint density at radius 1 is 0.667 bits per heavy atom. The van der Waals surface area contributed by atoms with Crippen molar-refractivity contribution in [2.24, 2.45) is 0 Å². The molecule has 0 amide bonds. The molecule has 0 aliphatic carbocycles. The van der Waals surface area contributed by atoms with Crippen LogP contribution in [-0.2, 0) is 21.1 Å². The number of rotatable bonds is 0. The molecule has 0 aromatic heterocycles. The summed E-state index contributed by atoms with van der Waals surface area (Å²) in [5, 5.41) is 0. The Morgan fingerprint density at radius 3 is 0.667 bits per heavy atom. The van der Waals surface area contributed by atoms with E-state index in [2.05, 4.69) is 0 Å². The summed E-state index contributed by atoms with van der Waals surface area (Å²) in [4.78, 5) is 21.6. The van der Waals surface area contributed by atoms with Gasteiger partial charge in [-0.25, -0.2) is 4.57 Å². The smallest absolute Gasteiger partial charge is 0.412 e. The second kappa shape index (κ2) is 30.1. The Balaban J connectivity index is -0.00000000381. The number of hydrogen-bond donors (Lipinski definition) is 3. The molecule has 0 aliphatic heterocycles. The first-order valence-electron chi connectivity index (χ1n) is 0.783. The van der Waals surface area contributed by atoms with E-state index in [0.29, 0.717) is 0 Å². The minimum atomic E-state index is -4.64. The summed E-state index contributed by atoms with van der Waals surface area (Å²) < 4.78 is 8.88. The molecule has 0 aromatic rings. The standard InChI is InChI=1S/Ni.H3O4P.6H2O/c;1-5(2,3)4;;;;;;/h;(H3,1,2,3,4);6*1H2. The molecule has 0 radical (unpaired) electrons. The van der Waals surface area contributed by atoms with Gasteiger partial charge in [0.1, 0.15) is 0 Å². The van der Waals surface area contributed by atoms with E-state index in [1.165, 1.54) is 0 Å². The van der Waals surface area contributed by atoms with Gasteiger partial charge in [-0.05, 0) is 0 Å². The quantitative estimate of drug-likeness (QED) is 0.284. The third-order valence-corrected chi connectivity index (χ3v) is 0. The molecule has 12 heavy (non-hydrogen) atoms. The molecule has 0 spiro atoms. The molecule has 0 unspecified atom stereocenters. The van der Waals surface area contributed by atoms with E-state index in [0.717, 1.165) is 0 Å². The topological polar surface area (TPSA) is 267 Å². The van der Waals surface area contributed by atoms with Crippen LogP contribution in [0.2, 0.25) is 0 Å². The van der Waals surface area contributed by atoms with Gasteiger partial charge in [0.15, 0.2) is 0 Å². The Morgan fingerprint density at radius 2 is 0.667 bits per heavy atom. The largest absolute Gasteiger partial charge is 0.466 e. The van der Waals surface area contributed by atoms with Gasteiger partial charge in [-0.3, -0.25) is 0 Å². The van der Waals surface area contributed by atoms with Crippen LogP contribution in [0.4, 0.5) is 0 Å². The first kappa shape index (κ1) is 83.8. The molecule has 12 heteroatoms. The Kier molecular flexibility index (Phi) is 211. The maximum absolute atomic E-state index is 8.88. The van der Waals surface area contributed by atoms with E-state index in [1.54, 1.807) is 0 Å². The predicted octanol–water partition coefficient (Wildman–Crippen LogP) is -5.88. The minimum Gasteiger partial charge on any atom is -0.412 e. The zero-order valence-corrected chi connectivity index (χ0v) is 7.40. The fraction of sp³-hybridized carbons (Fsp3) is 0. The fourth-order valence-corrected chi connectivity index (χ4v) is 0. The number of hydrogen-bond acceptors (Lipinski definition) is 1. The summed E-state index contributed by atoms with van der Waals surface area (Å²) in [6.07, 6.45) is 0. The van der Waals surface area contributed by atoms with Crippen molar-refractivity contribution in [2.45, 2.75) is 0 Å². The van der Waals surface area contributed by atoms with Gasteiger partial charge in [-0.2, -0.15) is 0 Å². The van der Waals surface area contributed by atoms with Crippen molar-refractivity contribution in [3.63, 3.8) is 0 Å². The molecule has 90 valence electrons. The van der Waals surface area contributed by atoms with Crippen LogP contribution in [0.5, 0.6) is 0 Å². The van der Waals surface area contributed by atoms with Crippen molar-refractivity contribution in [2.75, 3.05) is 0 Å². The molecule has 0 heterocycles. The van der Waals surface area contributed by atoms with Gasteiger partial charge in [-0.1, -0.05) is 0 Å². The van der Waals surface area contributed by atoms with Crippen molar-refractivity contribution in [1.82, 2.24) is 0 Å². The minimum absolute atomic E-state index is 0. The summed E-state index contributed by atoms with van der Waals surface area (Å²) in [7, 11) is -4.64. The SMILES string of the molecule is O.O.O.O.O.O.O=P(O)(O)O.[Ni]. The monoisotopic (exact) mass is 264 g/mol. The van der Waals surface area contributed by atoms with Crippen LogP contribution in [-0.4, -0.2) is 47.5 Å². The van der Waals surface area contributed by atoms with Crippen LogP contribution in [0.15, 0.2) is 0 Å². The molecule has 15 N–H and O–H groups in total. The summed E-state index contributed by atoms with van der Waals surface area (Å²) >= 11 is 0. The molecular weight excluding hydrogens is 250 g/mol. The van der Waals surface area contributed by atoms with Gasteiger partial charge >= 0.3 is 7.82 Å². The van der Waals surface area contributed by atoms with Gasteiger partial charge in [-0.15, -0.1) is 0 Å². The fourth-order valence-electron chi connectivity index (χ4n) is 0. The Hall–Kier alpha value is 0.364. The van der Waals surface area contributed by atoms with Crippen molar-refractivity contribution >= 4 is 7.82 Å². The summed E-state index contributed by atoms with van der Waals surface area (Å²) in [6, 6.07) is 0. The Bertz CT molecular complexity index is 56.0. The molecule has 0 atom stereocenters. The summed E-state index contributed by atoms with van der Waals surface area (Å²) in [5.74, 6) is 0. The van der Waals surface area contributed by atoms with Gasteiger partial charge in [0.2, 0.25) is 0 Å². The third-order valence-electron chi connectivity index (χ3n) is 0. The van der Waals surface area contributed by atoms with Crippen molar-refractivity contribution in [3.8, 4) is 0 Å². The van der Waals surface area contributed by atoms with E-state index in [-0.39, 0.29) is 49.3 Å². The molecule has 0 aliphatic rings. The van der Waals surface area contributed by atoms with E-state index >= 15 is 0 Å². The first-order valence-corrected chi connectivity index (χ1v) is 2.35. The molecule has 0 bridgehead atoms. The zero-order chi connectivity index (χ0) is 4.50. The first-order chi connectivity index (χ1) is 2.00. The van der Waals surface area contributed by atoms with Gasteiger partial charge in [0.25, 0.3) is 0 Å². The van der Waals surface area contributed by atoms with E-state index in [4.69, 9.17) is 19.2 Å². The third kappa shape index (κ3) is 6880. The van der Waals surface area contributed by atoms with Crippen molar-refractivity contribution < 1.29 is 68.6 Å². The second-order valence-corrected chi connectivity index (χ2v) is 1.54. The maximum atomic E-state index is 8.88. The summed E-state index contributed by atoms with van der Waals surface area (Å²) in [5.41, 5.74) is 0. The van der Waals surface area contributed by atoms with E-state index in [9.17, 15) is 0 Å². The van der Waals surface area contributed by atoms with Crippen LogP contribution in [0, 0.1) is 0 Å². The zero-order valence-electron chi connectivity index (χ0n) is 5.51. The molecule has 0 rings (SSSR count). The van der Waals surface area contributed by atoms with Crippen LogP contribution in [0.25, 0.3) is 0 Å². The molecule has 0 fully saturated rings. The van der Waals surface area contributed by atoms with E-state index in [1.807, 2.05) is 0 Å². The molecular formula is H15NiO10P. The van der Waals surface area contributed by atoms with Crippen LogP contribution < -0.4 is 0 Å². The van der Waals surface area contributed by atoms with E-state index < -0.39 is 7.82 Å². The van der Waals surface area contributed by atoms with Crippen LogP contribution in [0.3, 0.4) is 0 Å². The van der Waals surface area contributed by atoms with Gasteiger partial charge < -0.3 is 47.5 Å². The maximum Gasteiger partial charge on any atom is 0.466 e. The van der Waals surface area contributed by atoms with Crippen LogP contribution >= 0.6 is 7.82 Å². The normalized spacial score (nSPS) is 4.92. The number of phosphoric acid groups is 1. The van der Waals surface area contributed by atoms with Crippen molar-refractivity contribution in [3.05, 3.63) is 0 Å². The van der Waals surface area contributed by atoms with Crippen LogP contribution in [0.1, 0.15) is 0 Å². The molecule has 0 saturated heterocycles. The molecule has 0 aromatic carbocycles. The Labute approximate surface area is 77.2 Å². The van der Waals surface area contributed by atoms with Gasteiger partial charge in [0.05, 0.1) is 0 Å². The predicted molar refractivity (Wildman–Crippen MR) is 35.9 cm³/mol. The average Bonchev–Trinajstić information content (AvgIpc) is 0.722. The molecule has 0 saturated carbocycles. The molecule has 10 nitrogen and oxygen atoms in total. The second-order valence-electron chi connectivity index (χ2n) is 0.513. The summed E-state index contributed by atoms with van der Waals surface area (Å²) in [6.45, 7) is 0. The van der Waals surface area contributed by atoms with Crippen molar-refractivity contribution in [1.29, 1.82) is 0 Å². The van der Waals surface area contributed by atoms with Gasteiger partial charge in [0, 0.05) is 16.5 Å².